The van der Waals surface area contributed by atoms with Gasteiger partial charge in [0.05, 0.1) is 17.1 Å². The van der Waals surface area contributed by atoms with Crippen molar-refractivity contribution in [3.05, 3.63) is 66.1 Å². The third-order valence-corrected chi connectivity index (χ3v) is 3.84. The van der Waals surface area contributed by atoms with Crippen molar-refractivity contribution in [1.82, 2.24) is 9.97 Å². The zero-order valence-electron chi connectivity index (χ0n) is 14.0. The molecule has 1 N–H and O–H groups in total. The number of hydrogen-bond donors (Lipinski definition) is 1. The quantitative estimate of drug-likeness (QED) is 0.691. The topological polar surface area (TPSA) is 54.9 Å². The van der Waals surface area contributed by atoms with Gasteiger partial charge in [-0.3, -0.25) is 4.79 Å². The van der Waals surface area contributed by atoms with E-state index in [1.807, 2.05) is 44.2 Å². The molecule has 25 heavy (non-hydrogen) atoms. The summed E-state index contributed by atoms with van der Waals surface area (Å²) in [5, 5.41) is 2.72. The molecule has 3 rings (SSSR count). The van der Waals surface area contributed by atoms with Gasteiger partial charge in [0.15, 0.2) is 5.82 Å². The van der Waals surface area contributed by atoms with E-state index in [9.17, 15) is 9.18 Å². The normalized spacial score (nSPS) is 10.7. The van der Waals surface area contributed by atoms with E-state index in [2.05, 4.69) is 15.3 Å². The lowest BCUT2D eigenvalue weighted by atomic mass is 10.0. The Morgan fingerprint density at radius 3 is 2.24 bits per heavy atom. The summed E-state index contributed by atoms with van der Waals surface area (Å²) in [6, 6.07) is 15.7. The molecular formula is C20H18FN3O. The number of anilines is 1. The van der Waals surface area contributed by atoms with Gasteiger partial charge in [0.1, 0.15) is 5.82 Å². The first-order chi connectivity index (χ1) is 12.1. The summed E-state index contributed by atoms with van der Waals surface area (Å²) in [5.41, 5.74) is 3.46. The maximum atomic E-state index is 13.3. The number of carbonyl (C=O) groups excluding carboxylic acids is 1. The number of aromatic nitrogens is 2. The molecule has 0 saturated carbocycles. The lowest BCUT2D eigenvalue weighted by Gasteiger charge is -2.17. The fourth-order valence-corrected chi connectivity index (χ4v) is 2.63. The SMILES string of the molecule is CC(C)c1nc(-c2ccccc2)nc(-c2ccc(F)cc2)c1NC=O. The van der Waals surface area contributed by atoms with E-state index in [1.54, 1.807) is 12.1 Å². The van der Waals surface area contributed by atoms with Crippen LogP contribution in [-0.2, 0) is 4.79 Å². The van der Waals surface area contributed by atoms with Gasteiger partial charge < -0.3 is 5.32 Å². The van der Waals surface area contributed by atoms with Crippen LogP contribution in [0.15, 0.2) is 54.6 Å². The summed E-state index contributed by atoms with van der Waals surface area (Å²) in [5.74, 6) is 0.322. The number of benzene rings is 2. The third-order valence-electron chi connectivity index (χ3n) is 3.84. The molecule has 1 heterocycles. The third kappa shape index (κ3) is 3.55. The van der Waals surface area contributed by atoms with E-state index in [0.29, 0.717) is 29.2 Å². The summed E-state index contributed by atoms with van der Waals surface area (Å²) in [4.78, 5) is 20.4. The van der Waals surface area contributed by atoms with Crippen LogP contribution in [0.5, 0.6) is 0 Å². The van der Waals surface area contributed by atoms with Gasteiger partial charge in [-0.15, -0.1) is 0 Å². The van der Waals surface area contributed by atoms with Crippen LogP contribution in [0.3, 0.4) is 0 Å². The van der Waals surface area contributed by atoms with Crippen molar-refractivity contribution < 1.29 is 9.18 Å². The second-order valence-corrected chi connectivity index (χ2v) is 5.95. The highest BCUT2D eigenvalue weighted by Crippen LogP contribution is 2.34. The van der Waals surface area contributed by atoms with Crippen LogP contribution in [0.1, 0.15) is 25.5 Å². The Balaban J connectivity index is 2.27. The molecule has 0 fully saturated rings. The van der Waals surface area contributed by atoms with Crippen LogP contribution in [0.4, 0.5) is 10.1 Å². The highest BCUT2D eigenvalue weighted by atomic mass is 19.1. The van der Waals surface area contributed by atoms with Gasteiger partial charge in [-0.1, -0.05) is 44.2 Å². The van der Waals surface area contributed by atoms with Crippen molar-refractivity contribution in [2.24, 2.45) is 0 Å². The summed E-state index contributed by atoms with van der Waals surface area (Å²) in [6.07, 6.45) is 0.611. The van der Waals surface area contributed by atoms with Crippen molar-refractivity contribution in [3.63, 3.8) is 0 Å². The van der Waals surface area contributed by atoms with E-state index in [1.165, 1.54) is 12.1 Å². The minimum atomic E-state index is -0.324. The first-order valence-corrected chi connectivity index (χ1v) is 8.03. The Morgan fingerprint density at radius 1 is 0.960 bits per heavy atom. The molecule has 0 atom stereocenters. The Morgan fingerprint density at radius 2 is 1.64 bits per heavy atom. The summed E-state index contributed by atoms with van der Waals surface area (Å²) in [6.45, 7) is 4.00. The average Bonchev–Trinajstić information content (AvgIpc) is 2.63. The van der Waals surface area contributed by atoms with Crippen molar-refractivity contribution >= 4 is 12.1 Å². The fourth-order valence-electron chi connectivity index (χ4n) is 2.63. The molecule has 0 unspecified atom stereocenters. The van der Waals surface area contributed by atoms with Crippen LogP contribution >= 0.6 is 0 Å². The molecule has 0 radical (unpaired) electrons. The van der Waals surface area contributed by atoms with Crippen molar-refractivity contribution in [1.29, 1.82) is 0 Å². The van der Waals surface area contributed by atoms with Crippen LogP contribution in [0.25, 0.3) is 22.6 Å². The monoisotopic (exact) mass is 335 g/mol. The summed E-state index contributed by atoms with van der Waals surface area (Å²) >= 11 is 0. The van der Waals surface area contributed by atoms with Gasteiger partial charge >= 0.3 is 0 Å². The molecule has 126 valence electrons. The Kier molecular flexibility index (Phi) is 4.84. The molecule has 1 amide bonds. The van der Waals surface area contributed by atoms with Gasteiger partial charge in [0.2, 0.25) is 6.41 Å². The van der Waals surface area contributed by atoms with E-state index in [0.717, 1.165) is 11.3 Å². The molecule has 4 nitrogen and oxygen atoms in total. The molecule has 0 saturated heterocycles. The minimum Gasteiger partial charge on any atom is -0.325 e. The number of nitrogens with one attached hydrogen (secondary N) is 1. The minimum absolute atomic E-state index is 0.0760. The molecule has 0 bridgehead atoms. The van der Waals surface area contributed by atoms with Gasteiger partial charge in [0, 0.05) is 11.1 Å². The summed E-state index contributed by atoms with van der Waals surface area (Å²) < 4.78 is 13.3. The molecule has 0 aliphatic carbocycles. The van der Waals surface area contributed by atoms with E-state index in [4.69, 9.17) is 0 Å². The van der Waals surface area contributed by atoms with Crippen molar-refractivity contribution in [2.45, 2.75) is 19.8 Å². The molecule has 0 spiro atoms. The van der Waals surface area contributed by atoms with Gasteiger partial charge in [-0.2, -0.15) is 0 Å². The molecular weight excluding hydrogens is 317 g/mol. The van der Waals surface area contributed by atoms with Crippen LogP contribution in [0.2, 0.25) is 0 Å². The first kappa shape index (κ1) is 16.8. The van der Waals surface area contributed by atoms with Crippen LogP contribution in [0, 0.1) is 5.82 Å². The van der Waals surface area contributed by atoms with E-state index >= 15 is 0 Å². The molecule has 5 heteroatoms. The Labute approximate surface area is 145 Å². The predicted molar refractivity (Wildman–Crippen MR) is 96.6 cm³/mol. The maximum absolute atomic E-state index is 13.3. The number of amides is 1. The molecule has 0 aliphatic rings. The summed E-state index contributed by atoms with van der Waals surface area (Å²) in [7, 11) is 0. The number of hydrogen-bond acceptors (Lipinski definition) is 3. The maximum Gasteiger partial charge on any atom is 0.211 e. The van der Waals surface area contributed by atoms with Crippen molar-refractivity contribution in [3.8, 4) is 22.6 Å². The predicted octanol–water partition coefficient (Wildman–Crippen LogP) is 4.64. The number of halogens is 1. The number of nitrogens with zero attached hydrogens (tertiary/aromatic N) is 2. The van der Waals surface area contributed by atoms with Gasteiger partial charge in [-0.25, -0.2) is 14.4 Å². The van der Waals surface area contributed by atoms with Crippen molar-refractivity contribution in [2.75, 3.05) is 5.32 Å². The largest absolute Gasteiger partial charge is 0.325 e. The number of rotatable bonds is 5. The fraction of sp³-hybridized carbons (Fsp3) is 0.150. The second kappa shape index (κ2) is 7.21. The standard InChI is InChI=1S/C20H18FN3O/c1-13(2)17-19(22-12-25)18(14-8-10-16(21)11-9-14)24-20(23-17)15-6-4-3-5-7-15/h3-13H,1-2H3,(H,22,25). The van der Waals surface area contributed by atoms with Gasteiger partial charge in [-0.05, 0) is 30.2 Å². The lowest BCUT2D eigenvalue weighted by Crippen LogP contribution is -2.08. The highest BCUT2D eigenvalue weighted by molar-refractivity contribution is 5.85. The molecule has 1 aromatic heterocycles. The molecule has 2 aromatic carbocycles. The second-order valence-electron chi connectivity index (χ2n) is 5.95. The smallest absolute Gasteiger partial charge is 0.211 e. The highest BCUT2D eigenvalue weighted by Gasteiger charge is 2.18. The van der Waals surface area contributed by atoms with E-state index < -0.39 is 0 Å². The average molecular weight is 335 g/mol. The van der Waals surface area contributed by atoms with Crippen LogP contribution < -0.4 is 5.32 Å². The lowest BCUT2D eigenvalue weighted by molar-refractivity contribution is -0.105. The van der Waals surface area contributed by atoms with E-state index in [-0.39, 0.29) is 11.7 Å². The van der Waals surface area contributed by atoms with Gasteiger partial charge in [0.25, 0.3) is 0 Å². The Bertz CT molecular complexity index is 877. The van der Waals surface area contributed by atoms with Crippen LogP contribution in [-0.4, -0.2) is 16.4 Å². The first-order valence-electron chi connectivity index (χ1n) is 8.03. The zero-order valence-corrected chi connectivity index (χ0v) is 14.0. The Hall–Kier alpha value is -3.08. The molecule has 0 aliphatic heterocycles. The number of carbonyl (C=O) groups is 1. The zero-order chi connectivity index (χ0) is 17.8. The molecule has 3 aromatic rings.